The number of rotatable bonds is 9. The lowest BCUT2D eigenvalue weighted by molar-refractivity contribution is -0.150. The van der Waals surface area contributed by atoms with Crippen molar-refractivity contribution < 1.29 is 19.1 Å². The van der Waals surface area contributed by atoms with Crippen molar-refractivity contribution in [3.8, 4) is 0 Å². The number of nitrogens with zero attached hydrogens (tertiary/aromatic N) is 2. The number of allylic oxidation sites excluding steroid dienone is 1. The van der Waals surface area contributed by atoms with E-state index in [0.29, 0.717) is 42.7 Å². The van der Waals surface area contributed by atoms with Gasteiger partial charge in [0.1, 0.15) is 5.60 Å². The number of methoxy groups -OCH3 is 1. The van der Waals surface area contributed by atoms with E-state index >= 15 is 0 Å². The second-order valence-electron chi connectivity index (χ2n) is 9.33. The van der Waals surface area contributed by atoms with Crippen molar-refractivity contribution in [3.63, 3.8) is 0 Å². The van der Waals surface area contributed by atoms with Gasteiger partial charge in [-0.15, -0.1) is 0 Å². The molecule has 0 bridgehead atoms. The zero-order valence-corrected chi connectivity index (χ0v) is 19.4. The molecule has 2 heterocycles. The van der Waals surface area contributed by atoms with Crippen molar-refractivity contribution in [3.05, 3.63) is 35.6 Å². The number of esters is 2. The fraction of sp³-hybridized carbons (Fsp3) is 0.565. The molecule has 1 aromatic rings. The summed E-state index contributed by atoms with van der Waals surface area (Å²) in [4.78, 5) is 33.7. The van der Waals surface area contributed by atoms with E-state index in [1.807, 2.05) is 31.7 Å². The summed E-state index contributed by atoms with van der Waals surface area (Å²) >= 11 is 0. The van der Waals surface area contributed by atoms with E-state index in [9.17, 15) is 9.59 Å². The lowest BCUT2D eigenvalue weighted by atomic mass is 9.98. The minimum absolute atomic E-state index is 0.157. The number of hydrogen-bond donors (Lipinski definition) is 3. The van der Waals surface area contributed by atoms with Gasteiger partial charge < -0.3 is 30.1 Å². The van der Waals surface area contributed by atoms with Gasteiger partial charge in [0, 0.05) is 42.7 Å². The Labute approximate surface area is 188 Å². The molecule has 2 fully saturated rings. The average molecular weight is 444 g/mol. The summed E-state index contributed by atoms with van der Waals surface area (Å²) in [6, 6.07) is 0. The highest BCUT2D eigenvalue weighted by atomic mass is 16.6. The highest BCUT2D eigenvalue weighted by Gasteiger charge is 2.36. The molecular formula is C23H33N5O4. The third-order valence-electron chi connectivity index (χ3n) is 5.26. The highest BCUT2D eigenvalue weighted by molar-refractivity contribution is 6.01. The summed E-state index contributed by atoms with van der Waals surface area (Å²) in [7, 11) is 1.40. The smallest absolute Gasteiger partial charge is 0.335 e. The molecular weight excluding hydrogens is 410 g/mol. The first-order chi connectivity index (χ1) is 15.1. The molecule has 9 heteroatoms. The summed E-state index contributed by atoms with van der Waals surface area (Å²) in [6.45, 7) is 8.70. The largest absolute Gasteiger partial charge is 0.469 e. The molecule has 0 spiro atoms. The lowest BCUT2D eigenvalue weighted by Crippen LogP contribution is -2.49. The van der Waals surface area contributed by atoms with Crippen molar-refractivity contribution in [1.82, 2.24) is 20.2 Å². The topological polar surface area (TPSA) is 120 Å². The Morgan fingerprint density at radius 3 is 2.59 bits per heavy atom. The van der Waals surface area contributed by atoms with Gasteiger partial charge in [-0.1, -0.05) is 0 Å². The van der Waals surface area contributed by atoms with E-state index in [0.717, 1.165) is 24.2 Å². The van der Waals surface area contributed by atoms with E-state index in [1.54, 1.807) is 19.3 Å². The number of nitrogens with one attached hydrogen (secondary N) is 3. The van der Waals surface area contributed by atoms with Crippen LogP contribution in [-0.2, 0) is 25.6 Å². The maximum absolute atomic E-state index is 12.0. The number of hydrogen-bond acceptors (Lipinski definition) is 8. The monoisotopic (exact) mass is 443 g/mol. The zero-order chi connectivity index (χ0) is 23.5. The molecule has 0 radical (unpaired) electrons. The molecule has 3 N–H and O–H groups in total. The Morgan fingerprint density at radius 1 is 1.31 bits per heavy atom. The molecule has 0 aromatic carbocycles. The second-order valence-corrected chi connectivity index (χ2v) is 9.33. The maximum atomic E-state index is 12.0. The van der Waals surface area contributed by atoms with E-state index < -0.39 is 5.60 Å². The van der Waals surface area contributed by atoms with Crippen LogP contribution < -0.4 is 5.32 Å². The molecule has 0 atom stereocenters. The molecule has 1 aliphatic carbocycles. The van der Waals surface area contributed by atoms with Gasteiger partial charge in [0.2, 0.25) is 0 Å². The molecule has 1 aliphatic heterocycles. The minimum Gasteiger partial charge on any atom is -0.469 e. The van der Waals surface area contributed by atoms with Crippen molar-refractivity contribution in [2.75, 3.05) is 20.2 Å². The van der Waals surface area contributed by atoms with Crippen LogP contribution in [0, 0.1) is 17.2 Å². The lowest BCUT2D eigenvalue weighted by Gasteiger charge is -2.40. The van der Waals surface area contributed by atoms with Crippen LogP contribution in [0.5, 0.6) is 0 Å². The number of carbonyl (C=O) groups is 2. The molecule has 32 heavy (non-hydrogen) atoms. The number of ether oxygens (including phenoxy) is 2. The van der Waals surface area contributed by atoms with E-state index in [4.69, 9.17) is 14.9 Å². The summed E-state index contributed by atoms with van der Waals surface area (Å²) in [5.74, 6) is 0.238. The van der Waals surface area contributed by atoms with Crippen LogP contribution in [0.15, 0.2) is 24.0 Å². The summed E-state index contributed by atoms with van der Waals surface area (Å²) in [5.41, 5.74) is 2.11. The Bertz CT molecular complexity index is 930. The first kappa shape index (κ1) is 23.6. The van der Waals surface area contributed by atoms with Crippen molar-refractivity contribution in [2.45, 2.75) is 52.7 Å². The molecule has 2 aliphatic rings. The van der Waals surface area contributed by atoms with E-state index in [-0.39, 0.29) is 17.9 Å². The van der Waals surface area contributed by atoms with Gasteiger partial charge in [-0.3, -0.25) is 4.79 Å². The van der Waals surface area contributed by atoms with E-state index in [2.05, 4.69) is 15.3 Å². The Balaban J connectivity index is 1.64. The standard InChI is InChI=1S/C23H33N5O4/c1-14(21(29)32-23(2,3)4)9-25-10-17-11-26-20(27-17)19(8-18(24)15-6-7-15)28-12-16(13-28)22(30)31-5/h8-9,11,15-16,24-25H,6-7,10,12-13H2,1-5H3,(H,26,27)/b14-9+,19-8+,24-18?. The van der Waals surface area contributed by atoms with Gasteiger partial charge in [0.25, 0.3) is 0 Å². The number of carbonyl (C=O) groups excluding carboxylic acids is 2. The van der Waals surface area contributed by atoms with Crippen LogP contribution in [0.1, 0.15) is 52.1 Å². The van der Waals surface area contributed by atoms with Gasteiger partial charge in [-0.2, -0.15) is 0 Å². The van der Waals surface area contributed by atoms with Crippen LogP contribution in [-0.4, -0.2) is 58.3 Å². The van der Waals surface area contributed by atoms with Crippen LogP contribution in [0.4, 0.5) is 0 Å². The second kappa shape index (κ2) is 9.58. The average Bonchev–Trinajstić information content (AvgIpc) is 3.43. The van der Waals surface area contributed by atoms with Gasteiger partial charge in [-0.25, -0.2) is 9.78 Å². The minimum atomic E-state index is -0.538. The predicted octanol–water partition coefficient (Wildman–Crippen LogP) is 2.62. The third kappa shape index (κ3) is 6.21. The van der Waals surface area contributed by atoms with Crippen LogP contribution in [0.2, 0.25) is 0 Å². The molecule has 174 valence electrons. The first-order valence-corrected chi connectivity index (χ1v) is 10.9. The zero-order valence-electron chi connectivity index (χ0n) is 19.4. The fourth-order valence-corrected chi connectivity index (χ4v) is 3.27. The molecule has 1 saturated heterocycles. The summed E-state index contributed by atoms with van der Waals surface area (Å²) in [5, 5.41) is 11.4. The van der Waals surface area contributed by atoms with Crippen molar-refractivity contribution >= 4 is 23.3 Å². The van der Waals surface area contributed by atoms with Crippen LogP contribution in [0.3, 0.4) is 0 Å². The Hall–Kier alpha value is -3.10. The maximum Gasteiger partial charge on any atom is 0.335 e. The normalized spacial score (nSPS) is 17.6. The number of aromatic nitrogens is 2. The molecule has 0 amide bonds. The molecule has 1 aromatic heterocycles. The molecule has 9 nitrogen and oxygen atoms in total. The molecule has 0 unspecified atom stereocenters. The van der Waals surface area contributed by atoms with Crippen LogP contribution in [0.25, 0.3) is 5.70 Å². The van der Waals surface area contributed by atoms with Gasteiger partial charge in [0.05, 0.1) is 31.0 Å². The Morgan fingerprint density at radius 2 is 2.00 bits per heavy atom. The first-order valence-electron chi connectivity index (χ1n) is 10.9. The van der Waals surface area contributed by atoms with Crippen molar-refractivity contribution in [1.29, 1.82) is 5.41 Å². The highest BCUT2D eigenvalue weighted by Crippen LogP contribution is 2.33. The Kier molecular flexibility index (Phi) is 7.06. The SMILES string of the molecule is COC(=O)C1CN(/C(=C/C(=N)C2CC2)c2nc(CN/C=C(\C)C(=O)OC(C)(C)C)c[nH]2)C1. The van der Waals surface area contributed by atoms with Crippen LogP contribution >= 0.6 is 0 Å². The van der Waals surface area contributed by atoms with E-state index in [1.165, 1.54) is 7.11 Å². The van der Waals surface area contributed by atoms with Gasteiger partial charge in [0.15, 0.2) is 5.82 Å². The van der Waals surface area contributed by atoms with Crippen molar-refractivity contribution in [2.24, 2.45) is 11.8 Å². The number of imidazole rings is 1. The van der Waals surface area contributed by atoms with Gasteiger partial charge >= 0.3 is 11.9 Å². The predicted molar refractivity (Wildman–Crippen MR) is 121 cm³/mol. The number of aromatic amines is 1. The molecule has 3 rings (SSSR count). The molecule has 1 saturated carbocycles. The number of likely N-dealkylation sites (tertiary alicyclic amines) is 1. The fourth-order valence-electron chi connectivity index (χ4n) is 3.27. The third-order valence-corrected chi connectivity index (χ3v) is 5.26. The summed E-state index contributed by atoms with van der Waals surface area (Å²) in [6.07, 6.45) is 7.37. The van der Waals surface area contributed by atoms with Gasteiger partial charge in [-0.05, 0) is 46.6 Å². The number of H-pyrrole nitrogens is 1. The quantitative estimate of drug-likeness (QED) is 0.305. The summed E-state index contributed by atoms with van der Waals surface area (Å²) < 4.78 is 10.2.